The Morgan fingerprint density at radius 2 is 1.71 bits per heavy atom. The Balaban J connectivity index is 2.02. The van der Waals surface area contributed by atoms with Gasteiger partial charge in [-0.2, -0.15) is 0 Å². The molecule has 0 saturated carbocycles. The zero-order valence-corrected chi connectivity index (χ0v) is 12.3. The maximum absolute atomic E-state index is 9.94. The fourth-order valence-corrected chi connectivity index (χ4v) is 2.82. The minimum atomic E-state index is -0.136. The molecule has 2 aromatic carbocycles. The lowest BCUT2D eigenvalue weighted by molar-refractivity contribution is 0.209. The van der Waals surface area contributed by atoms with E-state index in [0.29, 0.717) is 5.75 Å². The van der Waals surface area contributed by atoms with Crippen molar-refractivity contribution in [2.45, 2.75) is 18.9 Å². The van der Waals surface area contributed by atoms with E-state index in [0.717, 1.165) is 22.6 Å². The highest BCUT2D eigenvalue weighted by atomic mass is 16.5. The van der Waals surface area contributed by atoms with Gasteiger partial charge in [0.05, 0.1) is 14.2 Å². The summed E-state index contributed by atoms with van der Waals surface area (Å²) in [5.41, 5.74) is 1.98. The Bertz CT molecular complexity index is 666. The third kappa shape index (κ3) is 2.17. The maximum atomic E-state index is 9.94. The average Bonchev–Trinajstić information content (AvgIpc) is 2.83. The predicted molar refractivity (Wildman–Crippen MR) is 79.4 cm³/mol. The normalized spacial score (nSPS) is 19.8. The molecule has 3 rings (SSSR count). The molecule has 4 heteroatoms. The van der Waals surface area contributed by atoms with Crippen LogP contribution in [0.4, 0.5) is 0 Å². The van der Waals surface area contributed by atoms with E-state index in [1.807, 2.05) is 24.3 Å². The first-order chi connectivity index (χ1) is 10.2. The summed E-state index contributed by atoms with van der Waals surface area (Å²) in [6.07, 6.45) is -0.136. The zero-order valence-electron chi connectivity index (χ0n) is 12.3. The number of benzene rings is 2. The van der Waals surface area contributed by atoms with Crippen molar-refractivity contribution in [3.63, 3.8) is 0 Å². The molecule has 110 valence electrons. The molecular formula is C17H18O4. The smallest absolute Gasteiger partial charge is 0.164 e. The molecule has 0 spiro atoms. The van der Waals surface area contributed by atoms with Gasteiger partial charge in [0.15, 0.2) is 11.5 Å². The third-order valence-electron chi connectivity index (χ3n) is 3.96. The minimum Gasteiger partial charge on any atom is -0.504 e. The Morgan fingerprint density at radius 1 is 1.00 bits per heavy atom. The summed E-state index contributed by atoms with van der Waals surface area (Å²) in [7, 11) is 3.18. The van der Waals surface area contributed by atoms with Gasteiger partial charge >= 0.3 is 0 Å². The van der Waals surface area contributed by atoms with Gasteiger partial charge in [0.25, 0.3) is 0 Å². The minimum absolute atomic E-state index is 0.119. The van der Waals surface area contributed by atoms with Crippen LogP contribution < -0.4 is 14.2 Å². The first kappa shape index (κ1) is 13.6. The van der Waals surface area contributed by atoms with Crippen molar-refractivity contribution in [1.82, 2.24) is 0 Å². The molecule has 2 atom stereocenters. The Hall–Kier alpha value is -2.36. The second-order valence-corrected chi connectivity index (χ2v) is 5.13. The lowest BCUT2D eigenvalue weighted by atomic mass is 9.92. The molecule has 0 aliphatic carbocycles. The van der Waals surface area contributed by atoms with Crippen LogP contribution in [0.15, 0.2) is 36.4 Å². The highest BCUT2D eigenvalue weighted by Gasteiger charge is 2.35. The fourth-order valence-electron chi connectivity index (χ4n) is 2.82. The molecule has 0 radical (unpaired) electrons. The summed E-state index contributed by atoms with van der Waals surface area (Å²) in [6.45, 7) is 2.08. The van der Waals surface area contributed by atoms with Gasteiger partial charge in [0, 0.05) is 23.1 Å². The van der Waals surface area contributed by atoms with E-state index in [9.17, 15) is 5.11 Å². The predicted octanol–water partition coefficient (Wildman–Crippen LogP) is 3.65. The molecule has 0 saturated heterocycles. The van der Waals surface area contributed by atoms with Crippen molar-refractivity contribution in [3.8, 4) is 23.0 Å². The van der Waals surface area contributed by atoms with Crippen LogP contribution in [0.2, 0.25) is 0 Å². The highest BCUT2D eigenvalue weighted by Crippen LogP contribution is 2.50. The monoisotopic (exact) mass is 286 g/mol. The van der Waals surface area contributed by atoms with Gasteiger partial charge in [-0.15, -0.1) is 0 Å². The van der Waals surface area contributed by atoms with Gasteiger partial charge in [-0.05, 0) is 12.1 Å². The number of hydrogen-bond acceptors (Lipinski definition) is 4. The van der Waals surface area contributed by atoms with E-state index in [2.05, 4.69) is 6.92 Å². The van der Waals surface area contributed by atoms with Crippen LogP contribution in [-0.2, 0) is 0 Å². The van der Waals surface area contributed by atoms with Gasteiger partial charge in [0.1, 0.15) is 17.6 Å². The van der Waals surface area contributed by atoms with Crippen molar-refractivity contribution >= 4 is 0 Å². The number of phenols is 1. The Morgan fingerprint density at radius 3 is 2.43 bits per heavy atom. The molecule has 2 aromatic rings. The summed E-state index contributed by atoms with van der Waals surface area (Å²) in [6, 6.07) is 11.3. The van der Waals surface area contributed by atoms with Crippen LogP contribution in [0.25, 0.3) is 0 Å². The Labute approximate surface area is 123 Å². The first-order valence-electron chi connectivity index (χ1n) is 6.86. The largest absolute Gasteiger partial charge is 0.504 e. The maximum Gasteiger partial charge on any atom is 0.164 e. The second kappa shape index (κ2) is 5.20. The van der Waals surface area contributed by atoms with Gasteiger partial charge in [-0.25, -0.2) is 0 Å². The Kier molecular flexibility index (Phi) is 3.37. The molecule has 1 heterocycles. The molecular weight excluding hydrogens is 268 g/mol. The topological polar surface area (TPSA) is 47.9 Å². The van der Waals surface area contributed by atoms with E-state index in [4.69, 9.17) is 14.2 Å². The molecule has 21 heavy (non-hydrogen) atoms. The zero-order chi connectivity index (χ0) is 15.0. The van der Waals surface area contributed by atoms with Crippen molar-refractivity contribution in [2.75, 3.05) is 14.2 Å². The van der Waals surface area contributed by atoms with E-state index < -0.39 is 0 Å². The van der Waals surface area contributed by atoms with Crippen molar-refractivity contribution < 1.29 is 19.3 Å². The van der Waals surface area contributed by atoms with Crippen LogP contribution in [0.1, 0.15) is 30.1 Å². The van der Waals surface area contributed by atoms with Crippen molar-refractivity contribution in [2.24, 2.45) is 0 Å². The number of fused-ring (bicyclic) bond motifs is 1. The number of ether oxygens (including phenoxy) is 3. The van der Waals surface area contributed by atoms with E-state index in [1.165, 1.54) is 7.11 Å². The molecule has 1 N–H and O–H groups in total. The molecule has 0 bridgehead atoms. The van der Waals surface area contributed by atoms with Gasteiger partial charge < -0.3 is 19.3 Å². The summed E-state index contributed by atoms with van der Waals surface area (Å²) < 4.78 is 16.6. The van der Waals surface area contributed by atoms with E-state index >= 15 is 0 Å². The highest BCUT2D eigenvalue weighted by molar-refractivity contribution is 5.54. The number of phenolic OH excluding ortho intramolecular Hbond substituents is 1. The summed E-state index contributed by atoms with van der Waals surface area (Å²) in [5, 5.41) is 9.94. The van der Waals surface area contributed by atoms with E-state index in [-0.39, 0.29) is 17.8 Å². The molecule has 1 aliphatic heterocycles. The van der Waals surface area contributed by atoms with Gasteiger partial charge in [0.2, 0.25) is 0 Å². The molecule has 0 aromatic heterocycles. The number of methoxy groups -OCH3 is 2. The molecule has 0 fully saturated rings. The van der Waals surface area contributed by atoms with Crippen LogP contribution in [0.3, 0.4) is 0 Å². The number of aromatic hydroxyl groups is 1. The summed E-state index contributed by atoms with van der Waals surface area (Å²) >= 11 is 0. The van der Waals surface area contributed by atoms with Crippen LogP contribution in [0, 0.1) is 0 Å². The number of hydrogen-bond donors (Lipinski definition) is 1. The average molecular weight is 286 g/mol. The first-order valence-corrected chi connectivity index (χ1v) is 6.86. The lowest BCUT2D eigenvalue weighted by Gasteiger charge is -2.18. The summed E-state index contributed by atoms with van der Waals surface area (Å²) in [5.74, 6) is 2.22. The van der Waals surface area contributed by atoms with Crippen molar-refractivity contribution in [3.05, 3.63) is 47.5 Å². The lowest BCUT2D eigenvalue weighted by Crippen LogP contribution is -2.08. The van der Waals surface area contributed by atoms with Gasteiger partial charge in [-0.3, -0.25) is 0 Å². The third-order valence-corrected chi connectivity index (χ3v) is 3.96. The fraction of sp³-hybridized carbons (Fsp3) is 0.294. The second-order valence-electron chi connectivity index (χ2n) is 5.13. The van der Waals surface area contributed by atoms with Crippen LogP contribution in [-0.4, -0.2) is 19.3 Å². The number of rotatable bonds is 3. The van der Waals surface area contributed by atoms with Crippen molar-refractivity contribution in [1.29, 1.82) is 0 Å². The SMILES string of the molecule is COc1cc2c(cc1O)[C@H](C)[C@H](c1ccccc1OC)O2. The molecule has 0 amide bonds. The molecule has 1 aliphatic rings. The van der Waals surface area contributed by atoms with Crippen LogP contribution >= 0.6 is 0 Å². The van der Waals surface area contributed by atoms with E-state index in [1.54, 1.807) is 19.2 Å². The molecule has 0 unspecified atom stereocenters. The van der Waals surface area contributed by atoms with Crippen LogP contribution in [0.5, 0.6) is 23.0 Å². The van der Waals surface area contributed by atoms with Gasteiger partial charge in [-0.1, -0.05) is 25.1 Å². The standard InChI is InChI=1S/C17H18O4/c1-10-12-8-13(18)16(20-3)9-15(12)21-17(10)11-6-4-5-7-14(11)19-2/h4-10,17-18H,1-3H3/t10-,17+/m0/s1. The molecule has 4 nitrogen and oxygen atoms in total. The quantitative estimate of drug-likeness (QED) is 0.935. The summed E-state index contributed by atoms with van der Waals surface area (Å²) in [4.78, 5) is 0. The number of para-hydroxylation sites is 1.